The quantitative estimate of drug-likeness (QED) is 0.743. The van der Waals surface area contributed by atoms with Crippen molar-refractivity contribution in [3.8, 4) is 0 Å². The van der Waals surface area contributed by atoms with E-state index in [1.165, 1.54) is 0 Å². The smallest absolute Gasteiger partial charge is 0.274 e. The van der Waals surface area contributed by atoms with E-state index in [-0.39, 0.29) is 23.8 Å². The number of likely N-dealkylation sites (tertiary alicyclic amines) is 1. The molecule has 30 heavy (non-hydrogen) atoms. The fourth-order valence-electron chi connectivity index (χ4n) is 4.20. The Morgan fingerprint density at radius 2 is 1.97 bits per heavy atom. The zero-order valence-electron chi connectivity index (χ0n) is 17.5. The van der Waals surface area contributed by atoms with E-state index in [4.69, 9.17) is 4.74 Å². The van der Waals surface area contributed by atoms with E-state index in [1.54, 1.807) is 6.33 Å². The number of hydrogen-bond acceptors (Lipinski definition) is 4. The lowest BCUT2D eigenvalue weighted by atomic mass is 9.95. The molecule has 0 bridgehead atoms. The van der Waals surface area contributed by atoms with E-state index in [1.807, 2.05) is 27.7 Å². The van der Waals surface area contributed by atoms with E-state index in [0.717, 1.165) is 30.6 Å². The van der Waals surface area contributed by atoms with Gasteiger partial charge >= 0.3 is 0 Å². The molecule has 2 amide bonds. The van der Waals surface area contributed by atoms with E-state index in [0.29, 0.717) is 44.8 Å². The maximum atomic E-state index is 13.1. The van der Waals surface area contributed by atoms with Crippen LogP contribution in [0.25, 0.3) is 0 Å². The summed E-state index contributed by atoms with van der Waals surface area (Å²) in [6, 6.07) is 10.1. The molecule has 1 atom stereocenters. The minimum atomic E-state index is -0.0599. The summed E-state index contributed by atoms with van der Waals surface area (Å²) >= 11 is 0. The number of nitrogens with one attached hydrogen (secondary N) is 1. The van der Waals surface area contributed by atoms with Crippen molar-refractivity contribution in [1.29, 1.82) is 0 Å². The lowest BCUT2D eigenvalue weighted by Crippen LogP contribution is -2.43. The summed E-state index contributed by atoms with van der Waals surface area (Å²) < 4.78 is 8.07. The summed E-state index contributed by atoms with van der Waals surface area (Å²) in [6.45, 7) is 5.04. The van der Waals surface area contributed by atoms with Crippen molar-refractivity contribution >= 4 is 11.8 Å². The summed E-state index contributed by atoms with van der Waals surface area (Å²) in [5.41, 5.74) is 2.45. The largest absolute Gasteiger partial charge is 0.365 e. The van der Waals surface area contributed by atoms with Crippen LogP contribution in [0.5, 0.6) is 0 Å². The van der Waals surface area contributed by atoms with Crippen LogP contribution >= 0.6 is 0 Å². The Balaban J connectivity index is 1.35. The standard InChI is InChI=1S/C23H30N4O3/c1-2-3-11-24-22(28)18-9-12-26(13-10-18)23(29)21-19-15-30-20(14-27(19)16-25-21)17-7-5-4-6-8-17/h4-8,16,18,20H,2-3,9-15H2,1H3,(H,24,28). The van der Waals surface area contributed by atoms with E-state index in [9.17, 15) is 9.59 Å². The Hall–Kier alpha value is -2.67. The molecule has 1 fully saturated rings. The van der Waals surface area contributed by atoms with Gasteiger partial charge in [-0.2, -0.15) is 0 Å². The SMILES string of the molecule is CCCCNC(=O)C1CCN(C(=O)c2ncn3c2COC(c2ccccc2)C3)CC1. The average molecular weight is 411 g/mol. The number of amides is 2. The van der Waals surface area contributed by atoms with Crippen LogP contribution in [-0.4, -0.2) is 45.9 Å². The van der Waals surface area contributed by atoms with Crippen LogP contribution in [0.15, 0.2) is 36.7 Å². The lowest BCUT2D eigenvalue weighted by Gasteiger charge is -2.31. The molecule has 3 heterocycles. The van der Waals surface area contributed by atoms with Gasteiger partial charge in [0, 0.05) is 25.6 Å². The number of imidazole rings is 1. The monoisotopic (exact) mass is 410 g/mol. The molecule has 2 aliphatic heterocycles. The zero-order chi connectivity index (χ0) is 20.9. The molecule has 7 heteroatoms. The highest BCUT2D eigenvalue weighted by molar-refractivity contribution is 5.93. The fraction of sp³-hybridized carbons (Fsp3) is 0.522. The average Bonchev–Trinajstić information content (AvgIpc) is 3.22. The second-order valence-electron chi connectivity index (χ2n) is 8.11. The number of fused-ring (bicyclic) bond motifs is 1. The number of unbranched alkanes of at least 4 members (excludes halogenated alkanes) is 1. The number of aromatic nitrogens is 2. The Bertz CT molecular complexity index is 872. The van der Waals surface area contributed by atoms with Gasteiger partial charge in [-0.15, -0.1) is 0 Å². The van der Waals surface area contributed by atoms with Crippen molar-refractivity contribution in [1.82, 2.24) is 19.8 Å². The second kappa shape index (κ2) is 9.43. The number of hydrogen-bond donors (Lipinski definition) is 1. The number of carbonyl (C=O) groups is 2. The van der Waals surface area contributed by atoms with Crippen molar-refractivity contribution < 1.29 is 14.3 Å². The molecule has 1 saturated heterocycles. The number of benzene rings is 1. The van der Waals surface area contributed by atoms with Crippen molar-refractivity contribution in [3.63, 3.8) is 0 Å². The molecule has 1 N–H and O–H groups in total. The predicted octanol–water partition coefficient (Wildman–Crippen LogP) is 2.92. The van der Waals surface area contributed by atoms with Gasteiger partial charge in [-0.25, -0.2) is 4.98 Å². The van der Waals surface area contributed by atoms with Crippen LogP contribution in [0.2, 0.25) is 0 Å². The first-order valence-corrected chi connectivity index (χ1v) is 10.9. The molecule has 0 aliphatic carbocycles. The van der Waals surface area contributed by atoms with Crippen molar-refractivity contribution in [3.05, 3.63) is 53.6 Å². The number of piperidine rings is 1. The maximum absolute atomic E-state index is 13.1. The number of nitrogens with zero attached hydrogens (tertiary/aromatic N) is 3. The number of carbonyl (C=O) groups excluding carboxylic acids is 2. The summed E-state index contributed by atoms with van der Waals surface area (Å²) in [6.07, 6.45) is 5.19. The summed E-state index contributed by atoms with van der Waals surface area (Å²) in [4.78, 5) is 31.6. The second-order valence-corrected chi connectivity index (χ2v) is 8.11. The molecule has 1 aromatic heterocycles. The fourth-order valence-corrected chi connectivity index (χ4v) is 4.20. The topological polar surface area (TPSA) is 76.5 Å². The van der Waals surface area contributed by atoms with Gasteiger partial charge < -0.3 is 19.5 Å². The summed E-state index contributed by atoms with van der Waals surface area (Å²) in [5.74, 6) is 0.0578. The first-order valence-electron chi connectivity index (χ1n) is 10.9. The third kappa shape index (κ3) is 4.41. The predicted molar refractivity (Wildman–Crippen MR) is 113 cm³/mol. The molecule has 2 aromatic rings. The minimum absolute atomic E-state index is 0.00298. The van der Waals surface area contributed by atoms with Gasteiger partial charge in [0.05, 0.1) is 25.2 Å². The van der Waals surface area contributed by atoms with Crippen LogP contribution in [0, 0.1) is 5.92 Å². The van der Waals surface area contributed by atoms with Crippen LogP contribution in [0.4, 0.5) is 0 Å². The molecule has 4 rings (SSSR count). The summed E-state index contributed by atoms with van der Waals surface area (Å²) in [5, 5.41) is 3.01. The van der Waals surface area contributed by atoms with Gasteiger partial charge in [-0.3, -0.25) is 9.59 Å². The molecular weight excluding hydrogens is 380 g/mol. The van der Waals surface area contributed by atoms with Crippen LogP contribution in [0.3, 0.4) is 0 Å². The van der Waals surface area contributed by atoms with Crippen molar-refractivity contribution in [2.45, 2.75) is 51.9 Å². The molecule has 2 aliphatic rings. The van der Waals surface area contributed by atoms with Crippen molar-refractivity contribution in [2.24, 2.45) is 5.92 Å². The molecule has 1 aromatic carbocycles. The Labute approximate surface area is 177 Å². The minimum Gasteiger partial charge on any atom is -0.365 e. The van der Waals surface area contributed by atoms with Gasteiger partial charge in [0.25, 0.3) is 5.91 Å². The number of rotatable bonds is 6. The van der Waals surface area contributed by atoms with Gasteiger partial charge in [0.15, 0.2) is 5.69 Å². The molecule has 7 nitrogen and oxygen atoms in total. The highest BCUT2D eigenvalue weighted by Crippen LogP contribution is 2.28. The van der Waals surface area contributed by atoms with E-state index >= 15 is 0 Å². The molecule has 0 spiro atoms. The Morgan fingerprint density at radius 1 is 1.20 bits per heavy atom. The molecule has 160 valence electrons. The van der Waals surface area contributed by atoms with Gasteiger partial charge in [-0.05, 0) is 24.8 Å². The molecule has 0 saturated carbocycles. The molecular formula is C23H30N4O3. The van der Waals surface area contributed by atoms with Gasteiger partial charge in [0.2, 0.25) is 5.91 Å². The number of ether oxygens (including phenoxy) is 1. The van der Waals surface area contributed by atoms with Crippen molar-refractivity contribution in [2.75, 3.05) is 19.6 Å². The molecule has 1 unspecified atom stereocenters. The van der Waals surface area contributed by atoms with Crippen LogP contribution in [-0.2, 0) is 22.7 Å². The highest BCUT2D eigenvalue weighted by Gasteiger charge is 2.32. The molecule has 0 radical (unpaired) electrons. The third-order valence-corrected chi connectivity index (χ3v) is 6.09. The van der Waals surface area contributed by atoms with Gasteiger partial charge in [-0.1, -0.05) is 43.7 Å². The normalized spacial score (nSPS) is 19.4. The van der Waals surface area contributed by atoms with Gasteiger partial charge in [0.1, 0.15) is 6.10 Å². The highest BCUT2D eigenvalue weighted by atomic mass is 16.5. The Morgan fingerprint density at radius 3 is 2.70 bits per heavy atom. The van der Waals surface area contributed by atoms with Crippen LogP contribution < -0.4 is 5.32 Å². The summed E-state index contributed by atoms with van der Waals surface area (Å²) in [7, 11) is 0. The van der Waals surface area contributed by atoms with Crippen LogP contribution in [0.1, 0.15) is 60.5 Å². The Kier molecular flexibility index (Phi) is 6.47. The first-order chi connectivity index (χ1) is 14.7. The maximum Gasteiger partial charge on any atom is 0.274 e. The third-order valence-electron chi connectivity index (χ3n) is 6.09. The first kappa shape index (κ1) is 20.6. The van der Waals surface area contributed by atoms with E-state index in [2.05, 4.69) is 29.4 Å². The lowest BCUT2D eigenvalue weighted by molar-refractivity contribution is -0.126. The zero-order valence-corrected chi connectivity index (χ0v) is 17.5. The van der Waals surface area contributed by atoms with E-state index < -0.39 is 0 Å².